The van der Waals surface area contributed by atoms with Gasteiger partial charge in [-0.05, 0) is 76.9 Å². The normalized spacial score (nSPS) is 13.4. The molecule has 0 saturated heterocycles. The predicted octanol–water partition coefficient (Wildman–Crippen LogP) is 13.3. The van der Waals surface area contributed by atoms with Gasteiger partial charge in [0.05, 0.1) is 16.6 Å². The number of para-hydroxylation sites is 1. The van der Waals surface area contributed by atoms with Crippen molar-refractivity contribution in [1.29, 1.82) is 0 Å². The fourth-order valence-electron chi connectivity index (χ4n) is 9.30. The van der Waals surface area contributed by atoms with Crippen LogP contribution >= 0.6 is 11.3 Å². The van der Waals surface area contributed by atoms with Gasteiger partial charge in [0.15, 0.2) is 5.82 Å². The molecular weight excluding hydrogens is 689 g/mol. The summed E-state index contributed by atoms with van der Waals surface area (Å²) in [5, 5.41) is 7.76. The lowest BCUT2D eigenvalue weighted by atomic mass is 9.82. The molecule has 1 aliphatic rings. The zero-order valence-corrected chi connectivity index (χ0v) is 31.0. The van der Waals surface area contributed by atoms with Gasteiger partial charge >= 0.3 is 0 Å². The van der Waals surface area contributed by atoms with E-state index in [0.29, 0.717) is 5.82 Å². The quantitative estimate of drug-likeness (QED) is 0.182. The molecule has 0 aliphatic heterocycles. The van der Waals surface area contributed by atoms with Crippen LogP contribution in [0.15, 0.2) is 158 Å². The van der Waals surface area contributed by atoms with Gasteiger partial charge in [0.1, 0.15) is 11.2 Å². The number of benzene rings is 7. The van der Waals surface area contributed by atoms with Crippen LogP contribution in [-0.4, -0.2) is 19.5 Å². The molecule has 258 valence electrons. The molecule has 5 heteroatoms. The summed E-state index contributed by atoms with van der Waals surface area (Å²) in [7, 11) is 0. The average Bonchev–Trinajstić information content (AvgIpc) is 3.87. The second-order valence-electron chi connectivity index (χ2n) is 15.2. The van der Waals surface area contributed by atoms with E-state index < -0.39 is 0 Å². The summed E-state index contributed by atoms with van der Waals surface area (Å²) < 4.78 is 5.11. The van der Waals surface area contributed by atoms with Gasteiger partial charge in [0.2, 0.25) is 0 Å². The van der Waals surface area contributed by atoms with Gasteiger partial charge in [-0.25, -0.2) is 9.97 Å². The van der Waals surface area contributed by atoms with Crippen LogP contribution in [-0.2, 0) is 5.41 Å². The molecule has 12 rings (SSSR count). The second kappa shape index (κ2) is 11.2. The minimum absolute atomic E-state index is 0.114. The number of pyridine rings is 1. The van der Waals surface area contributed by atoms with Gasteiger partial charge in [-0.3, -0.25) is 4.98 Å². The molecule has 0 atom stereocenters. The summed E-state index contributed by atoms with van der Waals surface area (Å²) in [6.45, 7) is 4.63. The van der Waals surface area contributed by atoms with Crippen LogP contribution in [0.4, 0.5) is 0 Å². The molecule has 0 radical (unpaired) electrons. The fourth-order valence-corrected chi connectivity index (χ4v) is 10.5. The molecule has 11 aromatic rings. The Hall–Kier alpha value is -6.69. The van der Waals surface area contributed by atoms with Crippen LogP contribution in [0, 0.1) is 0 Å². The molecule has 0 saturated carbocycles. The SMILES string of the molecule is CC1(C)c2ccccc2-c2ccc(-c3nc(-c4ccc(-n5c6ccccc6c6c7c8ccccc8sc7c7ccccc7c65)cc4)nc4cccnc34)cc21. The van der Waals surface area contributed by atoms with Gasteiger partial charge < -0.3 is 4.57 Å². The molecule has 4 aromatic heterocycles. The third-order valence-electron chi connectivity index (χ3n) is 11.8. The molecule has 7 aromatic carbocycles. The lowest BCUT2D eigenvalue weighted by Crippen LogP contribution is -2.15. The van der Waals surface area contributed by atoms with Gasteiger partial charge in [-0.1, -0.05) is 111 Å². The summed E-state index contributed by atoms with van der Waals surface area (Å²) in [4.78, 5) is 15.2. The lowest BCUT2D eigenvalue weighted by molar-refractivity contribution is 0.660. The Labute approximate surface area is 321 Å². The zero-order chi connectivity index (χ0) is 36.4. The highest BCUT2D eigenvalue weighted by molar-refractivity contribution is 7.27. The topological polar surface area (TPSA) is 43.6 Å². The summed E-state index contributed by atoms with van der Waals surface area (Å²) in [6.07, 6.45) is 1.83. The number of nitrogens with zero attached hydrogens (tertiary/aromatic N) is 4. The van der Waals surface area contributed by atoms with Crippen molar-refractivity contribution in [1.82, 2.24) is 19.5 Å². The van der Waals surface area contributed by atoms with Crippen LogP contribution in [0.2, 0.25) is 0 Å². The molecular formula is C50H32N4S. The van der Waals surface area contributed by atoms with E-state index in [2.05, 4.69) is 158 Å². The van der Waals surface area contributed by atoms with E-state index in [1.54, 1.807) is 0 Å². The summed E-state index contributed by atoms with van der Waals surface area (Å²) in [5.41, 5.74) is 13.2. The van der Waals surface area contributed by atoms with E-state index >= 15 is 0 Å². The third kappa shape index (κ3) is 4.24. The Morgan fingerprint density at radius 2 is 1.27 bits per heavy atom. The van der Waals surface area contributed by atoms with E-state index in [-0.39, 0.29) is 5.41 Å². The molecule has 0 fully saturated rings. The van der Waals surface area contributed by atoms with Crippen molar-refractivity contribution >= 4 is 75.1 Å². The highest BCUT2D eigenvalue weighted by atomic mass is 32.1. The standard InChI is InChI=1S/C50H32N4S/c1-50(2)38-17-8-5-12-32(38)33-26-23-30(28-39(33)50)45-46-40(18-11-27-51-46)52-49(53-45)29-21-24-31(25-22-29)54-41-19-9-6-15-36(41)43-44-37-16-7-10-20-42(37)55-48(44)35-14-4-3-13-34(35)47(43)54/h3-28H,1-2H3. The fraction of sp³-hybridized carbons (Fsp3) is 0.0600. The van der Waals surface area contributed by atoms with Crippen LogP contribution in [0.1, 0.15) is 25.0 Å². The van der Waals surface area contributed by atoms with E-state index in [9.17, 15) is 0 Å². The monoisotopic (exact) mass is 720 g/mol. The van der Waals surface area contributed by atoms with Gasteiger partial charge in [0.25, 0.3) is 0 Å². The molecule has 0 bridgehead atoms. The Balaban J connectivity index is 1.05. The molecule has 0 amide bonds. The molecule has 4 heterocycles. The van der Waals surface area contributed by atoms with Gasteiger partial charge in [-0.15, -0.1) is 11.3 Å². The van der Waals surface area contributed by atoms with E-state index in [1.807, 2.05) is 29.7 Å². The molecule has 0 unspecified atom stereocenters. The predicted molar refractivity (Wildman–Crippen MR) is 231 cm³/mol. The number of fused-ring (bicyclic) bond motifs is 14. The van der Waals surface area contributed by atoms with Crippen molar-refractivity contribution in [2.24, 2.45) is 0 Å². The first-order valence-corrected chi connectivity index (χ1v) is 19.6. The maximum Gasteiger partial charge on any atom is 0.160 e. The van der Waals surface area contributed by atoms with Crippen LogP contribution in [0.3, 0.4) is 0 Å². The van der Waals surface area contributed by atoms with Crippen LogP contribution in [0.25, 0.3) is 103 Å². The van der Waals surface area contributed by atoms with E-state index in [4.69, 9.17) is 15.0 Å². The van der Waals surface area contributed by atoms with Crippen molar-refractivity contribution in [3.63, 3.8) is 0 Å². The number of thiophene rings is 1. The lowest BCUT2D eigenvalue weighted by Gasteiger charge is -2.22. The first kappa shape index (κ1) is 30.7. The third-order valence-corrected chi connectivity index (χ3v) is 13.0. The second-order valence-corrected chi connectivity index (χ2v) is 16.2. The Kier molecular flexibility index (Phi) is 6.24. The summed E-state index contributed by atoms with van der Waals surface area (Å²) in [6, 6.07) is 54.8. The number of aromatic nitrogens is 4. The van der Waals surface area contributed by atoms with E-state index in [1.165, 1.54) is 75.0 Å². The molecule has 1 aliphatic carbocycles. The molecule has 0 N–H and O–H groups in total. The Bertz CT molecular complexity index is 3410. The van der Waals surface area contributed by atoms with Crippen molar-refractivity contribution in [2.75, 3.05) is 0 Å². The van der Waals surface area contributed by atoms with E-state index in [0.717, 1.165) is 33.5 Å². The number of rotatable bonds is 3. The first-order valence-electron chi connectivity index (χ1n) is 18.8. The molecule has 4 nitrogen and oxygen atoms in total. The number of hydrogen-bond acceptors (Lipinski definition) is 4. The number of hydrogen-bond donors (Lipinski definition) is 0. The molecule has 55 heavy (non-hydrogen) atoms. The van der Waals surface area contributed by atoms with Crippen molar-refractivity contribution < 1.29 is 0 Å². The smallest absolute Gasteiger partial charge is 0.160 e. The maximum atomic E-state index is 5.27. The van der Waals surface area contributed by atoms with Crippen molar-refractivity contribution in [3.05, 3.63) is 169 Å². The highest BCUT2D eigenvalue weighted by Gasteiger charge is 2.35. The van der Waals surface area contributed by atoms with Crippen LogP contribution < -0.4 is 0 Å². The minimum atomic E-state index is -0.114. The summed E-state index contributed by atoms with van der Waals surface area (Å²) in [5.74, 6) is 0.684. The largest absolute Gasteiger partial charge is 0.309 e. The Morgan fingerprint density at radius 3 is 2.15 bits per heavy atom. The van der Waals surface area contributed by atoms with Gasteiger partial charge in [0, 0.05) is 70.1 Å². The van der Waals surface area contributed by atoms with Crippen LogP contribution in [0.5, 0.6) is 0 Å². The Morgan fingerprint density at radius 1 is 0.564 bits per heavy atom. The van der Waals surface area contributed by atoms with Crippen molar-refractivity contribution in [2.45, 2.75) is 19.3 Å². The van der Waals surface area contributed by atoms with Gasteiger partial charge in [-0.2, -0.15) is 0 Å². The summed E-state index contributed by atoms with van der Waals surface area (Å²) >= 11 is 1.89. The van der Waals surface area contributed by atoms with Crippen molar-refractivity contribution in [3.8, 4) is 39.5 Å². The average molecular weight is 721 g/mol. The highest BCUT2D eigenvalue weighted by Crippen LogP contribution is 2.50. The zero-order valence-electron chi connectivity index (χ0n) is 30.2. The first-order chi connectivity index (χ1) is 27.0. The molecule has 0 spiro atoms. The minimum Gasteiger partial charge on any atom is -0.309 e. The maximum absolute atomic E-state index is 5.27.